The second-order valence-electron chi connectivity index (χ2n) is 16.2. The van der Waals surface area contributed by atoms with Crippen LogP contribution in [0.15, 0.2) is 43.0 Å². The zero-order valence-corrected chi connectivity index (χ0v) is 32.3. The molecule has 0 spiro atoms. The third-order valence-corrected chi connectivity index (χ3v) is 12.4. The number of hydrogen-bond acceptors (Lipinski definition) is 9. The Bertz CT molecular complexity index is 2400. The number of aromatic nitrogens is 2. The van der Waals surface area contributed by atoms with Crippen LogP contribution >= 0.6 is 0 Å². The van der Waals surface area contributed by atoms with Crippen LogP contribution in [-0.2, 0) is 10.2 Å². The van der Waals surface area contributed by atoms with Crippen LogP contribution in [0.5, 0.6) is 11.8 Å². The molecule has 3 aliphatic rings. The second-order valence-corrected chi connectivity index (χ2v) is 16.2. The van der Waals surface area contributed by atoms with Gasteiger partial charge in [-0.25, -0.2) is 8.78 Å². The molecule has 4 heterocycles. The Labute approximate surface area is 326 Å². The maximum atomic E-state index is 18.0. The van der Waals surface area contributed by atoms with Gasteiger partial charge >= 0.3 is 6.01 Å². The van der Waals surface area contributed by atoms with Gasteiger partial charge < -0.3 is 19.6 Å². The molecule has 288 valence electrons. The average Bonchev–Trinajstić information content (AvgIpc) is 3.73. The monoisotopic (exact) mass is 757 g/mol. The number of anilines is 1. The van der Waals surface area contributed by atoms with Gasteiger partial charge in [0.1, 0.15) is 29.5 Å². The summed E-state index contributed by atoms with van der Waals surface area (Å²) in [5.41, 5.74) is -2.38. The number of likely N-dealkylation sites (N-methyl/N-ethyl adjacent to an activating group) is 1. The van der Waals surface area contributed by atoms with E-state index < -0.39 is 28.5 Å². The highest BCUT2D eigenvalue weighted by Crippen LogP contribution is 2.46. The lowest BCUT2D eigenvalue weighted by atomic mass is 9.79. The molecule has 1 amide bonds. The minimum Gasteiger partial charge on any atom is -0.508 e. The number of benzene rings is 3. The predicted molar refractivity (Wildman–Crippen MR) is 211 cm³/mol. The molecule has 0 saturated carbocycles. The molecular weight excluding hydrogens is 713 g/mol. The fraction of sp³-hybridized carbons (Fsp3) is 0.432. The molecule has 4 aromatic rings. The van der Waals surface area contributed by atoms with E-state index in [9.17, 15) is 20.4 Å². The van der Waals surface area contributed by atoms with Gasteiger partial charge in [0.15, 0.2) is 5.82 Å². The maximum absolute atomic E-state index is 18.0. The van der Waals surface area contributed by atoms with Crippen molar-refractivity contribution in [3.8, 4) is 47.4 Å². The Morgan fingerprint density at radius 3 is 2.52 bits per heavy atom. The Morgan fingerprint density at radius 2 is 1.86 bits per heavy atom. The minimum atomic E-state index is -1.33. The molecule has 10 nitrogen and oxygen atoms in total. The first-order valence-corrected chi connectivity index (χ1v) is 19.0. The summed E-state index contributed by atoms with van der Waals surface area (Å²) in [5, 5.41) is 32.8. The zero-order valence-electron chi connectivity index (χ0n) is 32.3. The third kappa shape index (κ3) is 6.34. The van der Waals surface area contributed by atoms with Crippen molar-refractivity contribution in [3.63, 3.8) is 0 Å². The smallest absolute Gasteiger partial charge is 0.319 e. The first-order chi connectivity index (χ1) is 26.7. The molecule has 0 bridgehead atoms. The first kappa shape index (κ1) is 38.5. The number of phenolic OH excluding ortho intramolecular Hbond substituents is 1. The third-order valence-electron chi connectivity index (χ3n) is 12.4. The van der Waals surface area contributed by atoms with Gasteiger partial charge in [0.2, 0.25) is 5.91 Å². The predicted octanol–water partition coefficient (Wildman–Crippen LogP) is 7.37. The van der Waals surface area contributed by atoms with E-state index in [4.69, 9.17) is 21.1 Å². The lowest BCUT2D eigenvalue weighted by Gasteiger charge is -2.38. The van der Waals surface area contributed by atoms with E-state index in [0.29, 0.717) is 37.2 Å². The molecule has 3 saturated heterocycles. The highest BCUT2D eigenvalue weighted by molar-refractivity contribution is 6.05. The van der Waals surface area contributed by atoms with Crippen LogP contribution < -0.4 is 9.64 Å². The molecule has 3 fully saturated rings. The minimum absolute atomic E-state index is 0.0479. The second kappa shape index (κ2) is 14.4. The Morgan fingerprint density at radius 1 is 1.14 bits per heavy atom. The van der Waals surface area contributed by atoms with Crippen molar-refractivity contribution in [3.05, 3.63) is 65.7 Å². The number of aromatic hydroxyl groups is 1. The summed E-state index contributed by atoms with van der Waals surface area (Å²) in [6.45, 7) is 11.6. The van der Waals surface area contributed by atoms with Crippen LogP contribution in [0, 0.1) is 52.1 Å². The molecule has 7 rings (SSSR count). The molecule has 12 heteroatoms. The topological polar surface area (TPSA) is 130 Å². The van der Waals surface area contributed by atoms with Crippen LogP contribution in [0.2, 0.25) is 0 Å². The first-order valence-electron chi connectivity index (χ1n) is 19.0. The summed E-state index contributed by atoms with van der Waals surface area (Å²) in [5.74, 6) is 0.647. The van der Waals surface area contributed by atoms with Gasteiger partial charge in [-0.3, -0.25) is 9.69 Å². The summed E-state index contributed by atoms with van der Waals surface area (Å²) in [4.78, 5) is 28.6. The van der Waals surface area contributed by atoms with Crippen molar-refractivity contribution >= 4 is 33.4 Å². The molecule has 2 unspecified atom stereocenters. The molecule has 0 radical (unpaired) electrons. The van der Waals surface area contributed by atoms with Crippen molar-refractivity contribution in [1.82, 2.24) is 19.8 Å². The number of nitriles is 2. The van der Waals surface area contributed by atoms with Gasteiger partial charge in [-0.2, -0.15) is 20.5 Å². The van der Waals surface area contributed by atoms with Gasteiger partial charge in [0.05, 0.1) is 40.1 Å². The zero-order chi connectivity index (χ0) is 40.2. The number of halogens is 2. The van der Waals surface area contributed by atoms with Crippen molar-refractivity contribution in [2.45, 2.75) is 76.3 Å². The van der Waals surface area contributed by atoms with Crippen LogP contribution in [0.1, 0.15) is 70.4 Å². The molecule has 2 atom stereocenters. The Kier molecular flexibility index (Phi) is 9.89. The van der Waals surface area contributed by atoms with Gasteiger partial charge in [-0.1, -0.05) is 18.6 Å². The van der Waals surface area contributed by atoms with E-state index in [2.05, 4.69) is 29.5 Å². The Balaban J connectivity index is 1.51. The Hall–Kier alpha value is -5.77. The van der Waals surface area contributed by atoms with E-state index in [1.807, 2.05) is 11.8 Å². The quantitative estimate of drug-likeness (QED) is 0.145. The van der Waals surface area contributed by atoms with Crippen LogP contribution in [0.25, 0.3) is 32.8 Å². The average molecular weight is 758 g/mol. The lowest BCUT2D eigenvalue weighted by molar-refractivity contribution is -0.128. The SMILES string of the molecule is C#Cc1c(F)ccc2cc(O)cc(-c3c(C(C)(C)C#N)cc4c(N5CCCC(C)(C#N)C(N(C)C(=O)C=C)C5)nc(OCC56CCCN5CCC6)nc4c3F)c12. The number of terminal acetylenes is 1. The van der Waals surface area contributed by atoms with E-state index in [1.54, 1.807) is 27.0 Å². The molecule has 3 aliphatic heterocycles. The number of fused-ring (bicyclic) bond motifs is 3. The number of nitrogens with zero attached hydrogens (tertiary/aromatic N) is 7. The number of ether oxygens (including phenoxy) is 1. The largest absolute Gasteiger partial charge is 0.508 e. The number of hydrogen-bond donors (Lipinski definition) is 1. The standard InChI is InChI=1S/C44H45F2N7O3/c1-7-29-33(45)13-12-27-20-28(54)21-30(36(27)29)37-32(42(3,4)24-47)22-31-39(38(37)46)49-41(56-26-44-15-10-18-53(44)19-11-16-44)50-40(31)52-17-9-14-43(5,25-48)34(23-52)51(6)35(55)8-2/h1,8,12-13,20-22,34,54H,2,9-11,14-19,23,26H2,3-6H3. The molecule has 0 aliphatic carbocycles. The van der Waals surface area contributed by atoms with E-state index in [0.717, 1.165) is 38.8 Å². The number of carbonyl (C=O) groups is 1. The summed E-state index contributed by atoms with van der Waals surface area (Å²) >= 11 is 0. The highest BCUT2D eigenvalue weighted by atomic mass is 19.1. The highest BCUT2D eigenvalue weighted by Gasteiger charge is 2.46. The van der Waals surface area contributed by atoms with Gasteiger partial charge in [0.25, 0.3) is 0 Å². The summed E-state index contributed by atoms with van der Waals surface area (Å²) in [7, 11) is 1.64. The van der Waals surface area contributed by atoms with Crippen LogP contribution in [-0.4, -0.2) is 82.2 Å². The number of rotatable bonds is 8. The van der Waals surface area contributed by atoms with E-state index in [1.165, 1.54) is 35.2 Å². The van der Waals surface area contributed by atoms with Crippen molar-refractivity contribution < 1.29 is 23.4 Å². The summed E-state index contributed by atoms with van der Waals surface area (Å²) in [6.07, 6.45) is 12.1. The lowest BCUT2D eigenvalue weighted by Crippen LogP contribution is -2.51. The molecule has 3 aromatic carbocycles. The molecule has 1 N–H and O–H groups in total. The fourth-order valence-electron chi connectivity index (χ4n) is 9.21. The van der Waals surface area contributed by atoms with E-state index >= 15 is 8.78 Å². The molecule has 56 heavy (non-hydrogen) atoms. The number of amides is 1. The van der Waals surface area contributed by atoms with Gasteiger partial charge in [-0.05, 0) is 119 Å². The normalized spacial score (nSPS) is 20.8. The number of phenols is 1. The van der Waals surface area contributed by atoms with Crippen molar-refractivity contribution in [1.29, 1.82) is 10.5 Å². The van der Waals surface area contributed by atoms with Crippen LogP contribution in [0.3, 0.4) is 0 Å². The summed E-state index contributed by atoms with van der Waals surface area (Å²) < 4.78 is 39.7. The van der Waals surface area contributed by atoms with Crippen molar-refractivity contribution in [2.75, 3.05) is 44.7 Å². The number of carbonyl (C=O) groups excluding carboxylic acids is 1. The molecule has 1 aromatic heterocycles. The maximum Gasteiger partial charge on any atom is 0.319 e. The summed E-state index contributed by atoms with van der Waals surface area (Å²) in [6, 6.07) is 11.2. The van der Waals surface area contributed by atoms with Gasteiger partial charge in [0, 0.05) is 36.5 Å². The molecular formula is C44H45F2N7O3. The van der Waals surface area contributed by atoms with Crippen molar-refractivity contribution in [2.24, 2.45) is 5.41 Å². The van der Waals surface area contributed by atoms with Crippen LogP contribution in [0.4, 0.5) is 14.6 Å². The van der Waals surface area contributed by atoms with Gasteiger partial charge in [-0.15, -0.1) is 6.42 Å². The fourth-order valence-corrected chi connectivity index (χ4v) is 9.21. The van der Waals surface area contributed by atoms with E-state index in [-0.39, 0.29) is 68.3 Å².